The second kappa shape index (κ2) is 11.7. The van der Waals surface area contributed by atoms with Crippen LogP contribution in [0.2, 0.25) is 31.0 Å². The van der Waals surface area contributed by atoms with E-state index in [-0.39, 0.29) is 11.4 Å². The van der Waals surface area contributed by atoms with Gasteiger partial charge in [-0.25, -0.2) is 9.78 Å². The molecule has 14 heteroatoms. The van der Waals surface area contributed by atoms with Gasteiger partial charge in [0.1, 0.15) is 5.69 Å². The van der Waals surface area contributed by atoms with Crippen molar-refractivity contribution in [2.75, 3.05) is 51.8 Å². The fourth-order valence-corrected chi connectivity index (χ4v) is 4.97. The van der Waals surface area contributed by atoms with E-state index in [1.165, 1.54) is 0 Å². The van der Waals surface area contributed by atoms with E-state index in [1.807, 2.05) is 22.8 Å². The Hall–Kier alpha value is -2.90. The molecule has 0 unspecified atom stereocenters. The molecular weight excluding hydrogens is 514 g/mol. The number of aryl methyl sites for hydroxylation is 2. The lowest BCUT2D eigenvalue weighted by molar-refractivity contribution is 0.0788. The van der Waals surface area contributed by atoms with Crippen molar-refractivity contribution in [1.82, 2.24) is 39.1 Å². The van der Waals surface area contributed by atoms with E-state index >= 15 is 0 Å². The lowest BCUT2D eigenvalue weighted by Gasteiger charge is -2.34. The van der Waals surface area contributed by atoms with E-state index in [4.69, 9.17) is 21.1 Å². The molecule has 0 atom stereocenters. The predicted octanol–water partition coefficient (Wildman–Crippen LogP) is 3.45. The zero-order valence-corrected chi connectivity index (χ0v) is 24.0. The molecule has 1 aliphatic heterocycles. The van der Waals surface area contributed by atoms with Crippen molar-refractivity contribution in [3.63, 3.8) is 0 Å². The van der Waals surface area contributed by atoms with Gasteiger partial charge in [-0.2, -0.15) is 9.97 Å². The number of anilines is 2. The number of methoxy groups -OCH3 is 1. The summed E-state index contributed by atoms with van der Waals surface area (Å²) in [7, 11) is 2.23. The number of hydrogen-bond donors (Lipinski definition) is 1. The zero-order chi connectivity index (χ0) is 26.6. The fraction of sp³-hybridized carbons (Fsp3) is 0.609. The summed E-state index contributed by atoms with van der Waals surface area (Å²) < 4.78 is 14.6. The molecule has 3 aromatic heterocycles. The minimum absolute atomic E-state index is 0.130. The molecule has 1 aliphatic rings. The van der Waals surface area contributed by atoms with E-state index in [0.29, 0.717) is 48.2 Å². The monoisotopic (exact) mass is 549 g/mol. The second-order valence-electron chi connectivity index (χ2n) is 10.4. The number of fused-ring (bicyclic) bond motifs is 1. The average Bonchev–Trinajstić information content (AvgIpc) is 3.41. The maximum absolute atomic E-state index is 12.3. The van der Waals surface area contributed by atoms with Gasteiger partial charge < -0.3 is 24.3 Å². The molecule has 4 heterocycles. The quantitative estimate of drug-likeness (QED) is 0.300. The first-order chi connectivity index (χ1) is 17.6. The first-order valence-corrected chi connectivity index (χ1v) is 16.6. The van der Waals surface area contributed by atoms with Gasteiger partial charge >= 0.3 is 6.09 Å². The molecule has 0 radical (unpaired) electrons. The molecular formula is C23H36ClN9O3Si. The smallest absolute Gasteiger partial charge is 0.409 e. The Morgan fingerprint density at radius 1 is 1.16 bits per heavy atom. The zero-order valence-electron chi connectivity index (χ0n) is 22.2. The number of imidazole rings is 1. The van der Waals surface area contributed by atoms with E-state index < -0.39 is 8.07 Å². The van der Waals surface area contributed by atoms with Crippen LogP contribution < -0.4 is 10.1 Å². The summed E-state index contributed by atoms with van der Waals surface area (Å²) in [6.07, 6.45) is 4.28. The van der Waals surface area contributed by atoms with Crippen LogP contribution in [0.5, 0.6) is 5.88 Å². The van der Waals surface area contributed by atoms with Gasteiger partial charge in [0.2, 0.25) is 5.28 Å². The highest BCUT2D eigenvalue weighted by Crippen LogP contribution is 2.29. The molecule has 1 saturated heterocycles. The molecule has 0 aromatic carbocycles. The predicted molar refractivity (Wildman–Crippen MR) is 146 cm³/mol. The Bertz CT molecular complexity index is 1220. The minimum atomic E-state index is -1.20. The SMILES string of the molecule is COc1nn(CCCN2CCN(C(=O)OCC[Si](C)(C)C)CC2)cc1Nc1nc(Cl)nc2c1ncn2C. The van der Waals surface area contributed by atoms with Crippen LogP contribution in [-0.4, -0.2) is 99.7 Å². The summed E-state index contributed by atoms with van der Waals surface area (Å²) in [5.41, 5.74) is 1.92. The number of carbonyl (C=O) groups is 1. The van der Waals surface area contributed by atoms with Crippen molar-refractivity contribution >= 4 is 48.4 Å². The highest BCUT2D eigenvalue weighted by Gasteiger charge is 2.23. The Morgan fingerprint density at radius 3 is 2.62 bits per heavy atom. The van der Waals surface area contributed by atoms with Gasteiger partial charge in [-0.3, -0.25) is 9.58 Å². The van der Waals surface area contributed by atoms with Crippen molar-refractivity contribution < 1.29 is 14.3 Å². The van der Waals surface area contributed by atoms with Crippen LogP contribution in [0.4, 0.5) is 16.3 Å². The molecule has 37 heavy (non-hydrogen) atoms. The number of nitrogens with one attached hydrogen (secondary N) is 1. The highest BCUT2D eigenvalue weighted by atomic mass is 35.5. The van der Waals surface area contributed by atoms with E-state index in [0.717, 1.165) is 38.6 Å². The lowest BCUT2D eigenvalue weighted by atomic mass is 10.3. The number of hydrogen-bond acceptors (Lipinski definition) is 9. The standard InChI is InChI=1S/C23H36ClN9O3Si/c1-30-16-25-18-19(27-22(24)28-20(18)30)26-17-15-33(29-21(17)35-2)8-6-7-31-9-11-32(12-10-31)23(34)36-13-14-37(3,4)5/h15-16H,6-14H2,1-5H3,(H,26,27,28). The van der Waals surface area contributed by atoms with Gasteiger partial charge in [0.25, 0.3) is 5.88 Å². The van der Waals surface area contributed by atoms with E-state index in [1.54, 1.807) is 18.0 Å². The number of ether oxygens (including phenoxy) is 2. The summed E-state index contributed by atoms with van der Waals surface area (Å²) in [6.45, 7) is 12.1. The van der Waals surface area contributed by atoms with Crippen molar-refractivity contribution in [3.05, 3.63) is 17.8 Å². The Labute approximate surface area is 222 Å². The topological polar surface area (TPSA) is 115 Å². The third kappa shape index (κ3) is 7.11. The van der Waals surface area contributed by atoms with Crippen LogP contribution in [0.15, 0.2) is 12.5 Å². The minimum Gasteiger partial charge on any atom is -0.478 e. The first kappa shape index (κ1) is 27.1. The number of aromatic nitrogens is 6. The number of amides is 1. The number of rotatable bonds is 10. The van der Waals surface area contributed by atoms with Crippen LogP contribution in [-0.2, 0) is 18.3 Å². The van der Waals surface area contributed by atoms with Gasteiger partial charge in [0.15, 0.2) is 17.0 Å². The van der Waals surface area contributed by atoms with Crippen molar-refractivity contribution in [1.29, 1.82) is 0 Å². The largest absolute Gasteiger partial charge is 0.478 e. The molecule has 1 amide bonds. The van der Waals surface area contributed by atoms with Crippen LogP contribution in [0, 0.1) is 0 Å². The molecule has 1 N–H and O–H groups in total. The van der Waals surface area contributed by atoms with Crippen molar-refractivity contribution in [2.45, 2.75) is 38.7 Å². The average molecular weight is 550 g/mol. The van der Waals surface area contributed by atoms with Gasteiger partial charge in [0.05, 0.1) is 26.2 Å². The molecule has 3 aromatic rings. The summed E-state index contributed by atoms with van der Waals surface area (Å²) >= 11 is 6.12. The normalized spacial score (nSPS) is 14.8. The Morgan fingerprint density at radius 2 is 1.92 bits per heavy atom. The first-order valence-electron chi connectivity index (χ1n) is 12.5. The second-order valence-corrected chi connectivity index (χ2v) is 16.4. The molecule has 4 rings (SSSR count). The summed E-state index contributed by atoms with van der Waals surface area (Å²) in [6, 6.07) is 0.994. The van der Waals surface area contributed by atoms with Gasteiger partial charge in [-0.05, 0) is 24.1 Å². The number of piperazine rings is 1. The summed E-state index contributed by atoms with van der Waals surface area (Å²) in [5, 5.41) is 7.91. The van der Waals surface area contributed by atoms with Crippen LogP contribution >= 0.6 is 11.6 Å². The number of halogens is 1. The number of nitrogens with zero attached hydrogens (tertiary/aromatic N) is 8. The summed E-state index contributed by atoms with van der Waals surface area (Å²) in [5.74, 6) is 0.949. The van der Waals surface area contributed by atoms with Crippen LogP contribution in [0.3, 0.4) is 0 Å². The molecule has 0 bridgehead atoms. The third-order valence-corrected chi connectivity index (χ3v) is 8.15. The Balaban J connectivity index is 1.26. The van der Waals surface area contributed by atoms with Gasteiger partial charge in [0, 0.05) is 54.4 Å². The Kier molecular flexibility index (Phi) is 8.55. The highest BCUT2D eigenvalue weighted by molar-refractivity contribution is 6.76. The van der Waals surface area contributed by atoms with Crippen LogP contribution in [0.1, 0.15) is 6.42 Å². The lowest BCUT2D eigenvalue weighted by Crippen LogP contribution is -2.49. The molecule has 1 fully saturated rings. The van der Waals surface area contributed by atoms with Gasteiger partial charge in [-0.1, -0.05) is 19.6 Å². The van der Waals surface area contributed by atoms with E-state index in [9.17, 15) is 4.79 Å². The molecule has 0 aliphatic carbocycles. The van der Waals surface area contributed by atoms with Gasteiger partial charge in [-0.15, -0.1) is 5.10 Å². The van der Waals surface area contributed by atoms with Crippen molar-refractivity contribution in [2.24, 2.45) is 7.05 Å². The van der Waals surface area contributed by atoms with Crippen LogP contribution in [0.25, 0.3) is 11.2 Å². The summed E-state index contributed by atoms with van der Waals surface area (Å²) in [4.78, 5) is 29.4. The molecule has 0 saturated carbocycles. The fourth-order valence-electron chi connectivity index (χ4n) is 4.10. The maximum atomic E-state index is 12.3. The maximum Gasteiger partial charge on any atom is 0.409 e. The molecule has 202 valence electrons. The molecule has 0 spiro atoms. The van der Waals surface area contributed by atoms with E-state index in [2.05, 4.69) is 49.9 Å². The van der Waals surface area contributed by atoms with Crippen molar-refractivity contribution in [3.8, 4) is 5.88 Å². The third-order valence-electron chi connectivity index (χ3n) is 6.28. The number of carbonyl (C=O) groups excluding carboxylic acids is 1. The molecule has 12 nitrogen and oxygen atoms in total.